The third-order valence-corrected chi connectivity index (χ3v) is 5.01. The van der Waals surface area contributed by atoms with E-state index < -0.39 is 0 Å². The minimum atomic E-state index is -0.125. The van der Waals surface area contributed by atoms with Gasteiger partial charge in [0.15, 0.2) is 0 Å². The summed E-state index contributed by atoms with van der Waals surface area (Å²) >= 11 is 3.29. The second-order valence-electron chi connectivity index (χ2n) is 7.55. The Morgan fingerprint density at radius 1 is 0.531 bits per heavy atom. The van der Waals surface area contributed by atoms with Crippen molar-refractivity contribution in [2.45, 2.75) is 71.1 Å². The highest BCUT2D eigenvalue weighted by Crippen LogP contribution is 2.10. The van der Waals surface area contributed by atoms with Gasteiger partial charge in [0.1, 0.15) is 6.61 Å². The van der Waals surface area contributed by atoms with Crippen LogP contribution in [-0.4, -0.2) is 84.0 Å². The first-order valence-corrected chi connectivity index (χ1v) is 13.5. The van der Waals surface area contributed by atoms with E-state index in [1.165, 1.54) is 44.9 Å². The maximum atomic E-state index is 11.7. The number of hydrogen-bond acceptors (Lipinski definition) is 7. The molecule has 0 aromatic heterocycles. The Hall–Kier alpha value is -0.250. The van der Waals surface area contributed by atoms with Crippen LogP contribution in [-0.2, 0) is 33.2 Å². The van der Waals surface area contributed by atoms with Gasteiger partial charge in [0.05, 0.1) is 66.1 Å². The van der Waals surface area contributed by atoms with E-state index in [2.05, 4.69) is 22.9 Å². The molecule has 0 spiro atoms. The largest absolute Gasteiger partial charge is 0.463 e. The van der Waals surface area contributed by atoms with Crippen LogP contribution in [0.1, 0.15) is 71.1 Å². The predicted octanol–water partition coefficient (Wildman–Crippen LogP) is 4.93. The highest BCUT2D eigenvalue weighted by Gasteiger charge is 2.02. The van der Waals surface area contributed by atoms with Gasteiger partial charge in [-0.2, -0.15) is 0 Å². The Bertz CT molecular complexity index is 372. The van der Waals surface area contributed by atoms with Crippen molar-refractivity contribution in [1.29, 1.82) is 0 Å². The molecule has 0 aliphatic carbocycles. The van der Waals surface area contributed by atoms with Crippen LogP contribution < -0.4 is 0 Å². The molecule has 8 heteroatoms. The van der Waals surface area contributed by atoms with Crippen LogP contribution in [0, 0.1) is 0 Å². The quantitative estimate of drug-likeness (QED) is 0.0852. The molecule has 0 rings (SSSR count). The maximum absolute atomic E-state index is 11.7. The third-order valence-electron chi connectivity index (χ3n) is 4.68. The molecule has 0 amide bonds. The van der Waals surface area contributed by atoms with Gasteiger partial charge < -0.3 is 28.4 Å². The molecule has 32 heavy (non-hydrogen) atoms. The van der Waals surface area contributed by atoms with E-state index in [4.69, 9.17) is 28.4 Å². The molecular formula is C24H47BrO7. The molecule has 0 atom stereocenters. The predicted molar refractivity (Wildman–Crippen MR) is 131 cm³/mol. The second kappa shape index (κ2) is 28.8. The Morgan fingerprint density at radius 3 is 1.34 bits per heavy atom. The molecule has 0 aromatic rings. The van der Waals surface area contributed by atoms with E-state index >= 15 is 0 Å². The summed E-state index contributed by atoms with van der Waals surface area (Å²) in [5, 5.41) is 0.841. The standard InChI is InChI=1S/C24H47BrO7/c1-2-3-4-5-6-7-8-9-10-11-24(26)32-23-22-31-21-20-30-19-18-29-17-16-28-15-14-27-13-12-25/h2-23H2,1H3. The molecule has 0 unspecified atom stereocenters. The number of hydrogen-bond donors (Lipinski definition) is 0. The smallest absolute Gasteiger partial charge is 0.305 e. The van der Waals surface area contributed by atoms with Crippen molar-refractivity contribution in [3.8, 4) is 0 Å². The Morgan fingerprint density at radius 2 is 0.906 bits per heavy atom. The summed E-state index contributed by atoms with van der Waals surface area (Å²) in [7, 11) is 0. The lowest BCUT2D eigenvalue weighted by Gasteiger charge is -2.08. The zero-order valence-corrected chi connectivity index (χ0v) is 21.9. The van der Waals surface area contributed by atoms with Gasteiger partial charge in [0, 0.05) is 11.8 Å². The van der Waals surface area contributed by atoms with Crippen LogP contribution in [0.3, 0.4) is 0 Å². The lowest BCUT2D eigenvalue weighted by atomic mass is 10.1. The molecule has 0 N–H and O–H groups in total. The van der Waals surface area contributed by atoms with Crippen molar-refractivity contribution in [1.82, 2.24) is 0 Å². The first kappa shape index (κ1) is 31.8. The zero-order chi connectivity index (χ0) is 23.4. The number of halogens is 1. The van der Waals surface area contributed by atoms with Gasteiger partial charge in [-0.25, -0.2) is 0 Å². The third kappa shape index (κ3) is 27.8. The minimum Gasteiger partial charge on any atom is -0.463 e. The molecule has 0 bridgehead atoms. The highest BCUT2D eigenvalue weighted by atomic mass is 79.9. The lowest BCUT2D eigenvalue weighted by Crippen LogP contribution is -2.15. The summed E-state index contributed by atoms with van der Waals surface area (Å²) in [5.41, 5.74) is 0. The summed E-state index contributed by atoms with van der Waals surface area (Å²) < 4.78 is 32.1. The van der Waals surface area contributed by atoms with Crippen LogP contribution in [0.2, 0.25) is 0 Å². The highest BCUT2D eigenvalue weighted by molar-refractivity contribution is 9.09. The molecule has 0 aliphatic heterocycles. The summed E-state index contributed by atoms with van der Waals surface area (Å²) in [4.78, 5) is 11.7. The second-order valence-corrected chi connectivity index (χ2v) is 8.34. The van der Waals surface area contributed by atoms with Gasteiger partial charge in [-0.3, -0.25) is 4.79 Å². The van der Waals surface area contributed by atoms with Crippen molar-refractivity contribution >= 4 is 21.9 Å². The number of rotatable bonds is 27. The fraction of sp³-hybridized carbons (Fsp3) is 0.958. The van der Waals surface area contributed by atoms with Crippen molar-refractivity contribution in [2.24, 2.45) is 0 Å². The van der Waals surface area contributed by atoms with Crippen molar-refractivity contribution in [3.63, 3.8) is 0 Å². The molecule has 0 fully saturated rings. The van der Waals surface area contributed by atoms with Crippen LogP contribution >= 0.6 is 15.9 Å². The summed E-state index contributed by atoms with van der Waals surface area (Å²) in [6, 6.07) is 0. The average molecular weight is 528 g/mol. The lowest BCUT2D eigenvalue weighted by molar-refractivity contribution is -0.145. The monoisotopic (exact) mass is 526 g/mol. The number of unbranched alkanes of at least 4 members (excludes halogenated alkanes) is 8. The fourth-order valence-electron chi connectivity index (χ4n) is 2.90. The molecule has 0 radical (unpaired) electrons. The van der Waals surface area contributed by atoms with Crippen LogP contribution in [0.4, 0.5) is 0 Å². The van der Waals surface area contributed by atoms with E-state index in [0.29, 0.717) is 79.1 Å². The average Bonchev–Trinajstić information content (AvgIpc) is 2.80. The van der Waals surface area contributed by atoms with Crippen LogP contribution in [0.25, 0.3) is 0 Å². The van der Waals surface area contributed by atoms with Crippen LogP contribution in [0.15, 0.2) is 0 Å². The molecule has 0 heterocycles. The molecular weight excluding hydrogens is 480 g/mol. The molecule has 0 aliphatic rings. The Kier molecular flexibility index (Phi) is 28.6. The van der Waals surface area contributed by atoms with Gasteiger partial charge in [-0.05, 0) is 6.42 Å². The molecule has 7 nitrogen and oxygen atoms in total. The van der Waals surface area contributed by atoms with E-state index in [1.54, 1.807) is 0 Å². The van der Waals surface area contributed by atoms with Gasteiger partial charge >= 0.3 is 5.97 Å². The van der Waals surface area contributed by atoms with E-state index in [1.807, 2.05) is 0 Å². The molecule has 0 aromatic carbocycles. The summed E-state index contributed by atoms with van der Waals surface area (Å²) in [6.45, 7) is 7.96. The molecule has 0 saturated heterocycles. The van der Waals surface area contributed by atoms with Gasteiger partial charge in [-0.15, -0.1) is 0 Å². The number of esters is 1. The maximum Gasteiger partial charge on any atom is 0.305 e. The number of ether oxygens (including phenoxy) is 6. The normalized spacial score (nSPS) is 11.2. The van der Waals surface area contributed by atoms with Crippen molar-refractivity contribution in [2.75, 3.05) is 78.0 Å². The Balaban J connectivity index is 3.12. The van der Waals surface area contributed by atoms with Gasteiger partial charge in [0.2, 0.25) is 0 Å². The zero-order valence-electron chi connectivity index (χ0n) is 20.3. The van der Waals surface area contributed by atoms with Crippen LogP contribution in [0.5, 0.6) is 0 Å². The van der Waals surface area contributed by atoms with Gasteiger partial charge in [0.25, 0.3) is 0 Å². The summed E-state index contributed by atoms with van der Waals surface area (Å²) in [5.74, 6) is -0.125. The minimum absolute atomic E-state index is 0.125. The van der Waals surface area contributed by atoms with E-state index in [-0.39, 0.29) is 5.97 Å². The van der Waals surface area contributed by atoms with Crippen molar-refractivity contribution in [3.05, 3.63) is 0 Å². The molecule has 0 saturated carbocycles. The van der Waals surface area contributed by atoms with Crippen molar-refractivity contribution < 1.29 is 33.2 Å². The summed E-state index contributed by atoms with van der Waals surface area (Å²) in [6.07, 6.45) is 11.7. The van der Waals surface area contributed by atoms with Gasteiger partial charge in [-0.1, -0.05) is 74.2 Å². The first-order valence-electron chi connectivity index (χ1n) is 12.4. The number of carbonyl (C=O) groups excluding carboxylic acids is 1. The first-order chi connectivity index (χ1) is 15.8. The van der Waals surface area contributed by atoms with E-state index in [0.717, 1.165) is 18.2 Å². The topological polar surface area (TPSA) is 72.5 Å². The number of alkyl halides is 1. The Labute approximate surface area is 204 Å². The van der Waals surface area contributed by atoms with E-state index in [9.17, 15) is 4.79 Å². The SMILES string of the molecule is CCCCCCCCCCCC(=O)OCCOCCOCCOCCOCCOCCBr. The number of carbonyl (C=O) groups is 1. The molecule has 192 valence electrons. The fourth-order valence-corrected chi connectivity index (χ4v) is 3.13.